The van der Waals surface area contributed by atoms with E-state index in [2.05, 4.69) is 39.4 Å². The SMILES string of the molecule is O=C(CSCc1ccccc1)Nc1ccc(N2CCOCC2)cc1N1CCOCC1. The van der Waals surface area contributed by atoms with Gasteiger partial charge in [0.15, 0.2) is 0 Å². The second kappa shape index (κ2) is 10.7. The van der Waals surface area contributed by atoms with Crippen LogP contribution in [0.2, 0.25) is 0 Å². The van der Waals surface area contributed by atoms with Crippen molar-refractivity contribution >= 4 is 34.7 Å². The van der Waals surface area contributed by atoms with Crippen LogP contribution >= 0.6 is 11.8 Å². The number of carbonyl (C=O) groups excluding carboxylic acids is 1. The first-order chi connectivity index (χ1) is 14.8. The number of carbonyl (C=O) groups is 1. The second-order valence-corrected chi connectivity index (χ2v) is 8.41. The molecule has 0 aliphatic carbocycles. The van der Waals surface area contributed by atoms with E-state index in [-0.39, 0.29) is 5.91 Å². The Morgan fingerprint density at radius 1 is 0.900 bits per heavy atom. The molecule has 2 aliphatic heterocycles. The van der Waals surface area contributed by atoms with E-state index in [1.165, 1.54) is 11.3 Å². The minimum Gasteiger partial charge on any atom is -0.378 e. The van der Waals surface area contributed by atoms with Gasteiger partial charge in [-0.1, -0.05) is 30.3 Å². The van der Waals surface area contributed by atoms with Crippen LogP contribution in [0.15, 0.2) is 48.5 Å². The first kappa shape index (κ1) is 21.0. The molecule has 2 aromatic carbocycles. The average molecular weight is 428 g/mol. The van der Waals surface area contributed by atoms with Gasteiger partial charge >= 0.3 is 0 Å². The fourth-order valence-corrected chi connectivity index (χ4v) is 4.52. The van der Waals surface area contributed by atoms with Crippen LogP contribution in [-0.4, -0.2) is 64.3 Å². The van der Waals surface area contributed by atoms with Crippen molar-refractivity contribution in [1.82, 2.24) is 0 Å². The lowest BCUT2D eigenvalue weighted by Gasteiger charge is -2.33. The summed E-state index contributed by atoms with van der Waals surface area (Å²) in [5.74, 6) is 1.30. The van der Waals surface area contributed by atoms with Crippen LogP contribution in [0.3, 0.4) is 0 Å². The molecule has 0 spiro atoms. The lowest BCUT2D eigenvalue weighted by Crippen LogP contribution is -2.38. The third-order valence-electron chi connectivity index (χ3n) is 5.33. The maximum Gasteiger partial charge on any atom is 0.234 e. The van der Waals surface area contributed by atoms with Gasteiger partial charge in [0.05, 0.1) is 43.6 Å². The van der Waals surface area contributed by atoms with E-state index >= 15 is 0 Å². The summed E-state index contributed by atoms with van der Waals surface area (Å²) in [5, 5.41) is 3.14. The largest absolute Gasteiger partial charge is 0.378 e. The zero-order valence-corrected chi connectivity index (χ0v) is 18.0. The average Bonchev–Trinajstić information content (AvgIpc) is 2.81. The normalized spacial score (nSPS) is 17.1. The lowest BCUT2D eigenvalue weighted by molar-refractivity contribution is -0.113. The van der Waals surface area contributed by atoms with Crippen molar-refractivity contribution < 1.29 is 14.3 Å². The summed E-state index contributed by atoms with van der Waals surface area (Å²) >= 11 is 1.63. The summed E-state index contributed by atoms with van der Waals surface area (Å²) in [6.07, 6.45) is 0. The molecular weight excluding hydrogens is 398 g/mol. The van der Waals surface area contributed by atoms with Crippen LogP contribution in [0.1, 0.15) is 5.56 Å². The number of anilines is 3. The van der Waals surface area contributed by atoms with Gasteiger partial charge in [-0.15, -0.1) is 11.8 Å². The third-order valence-corrected chi connectivity index (χ3v) is 6.33. The van der Waals surface area contributed by atoms with Gasteiger partial charge in [-0.05, 0) is 23.8 Å². The Hall–Kier alpha value is -2.22. The van der Waals surface area contributed by atoms with Gasteiger partial charge < -0.3 is 24.6 Å². The molecule has 0 atom stereocenters. The minimum atomic E-state index is 0.0320. The van der Waals surface area contributed by atoms with Crippen molar-refractivity contribution in [3.8, 4) is 0 Å². The van der Waals surface area contributed by atoms with Gasteiger partial charge in [0, 0.05) is 37.6 Å². The highest BCUT2D eigenvalue weighted by molar-refractivity contribution is 7.99. The Kier molecular flexibility index (Phi) is 7.50. The number of morpholine rings is 2. The van der Waals surface area contributed by atoms with Crippen LogP contribution in [0.25, 0.3) is 0 Å². The number of nitrogens with zero attached hydrogens (tertiary/aromatic N) is 2. The van der Waals surface area contributed by atoms with Crippen molar-refractivity contribution in [3.05, 3.63) is 54.1 Å². The molecule has 2 heterocycles. The van der Waals surface area contributed by atoms with Crippen molar-refractivity contribution in [1.29, 1.82) is 0 Å². The predicted molar refractivity (Wildman–Crippen MR) is 124 cm³/mol. The third kappa shape index (κ3) is 5.68. The molecule has 30 heavy (non-hydrogen) atoms. The van der Waals surface area contributed by atoms with Gasteiger partial charge in [0.1, 0.15) is 0 Å². The smallest absolute Gasteiger partial charge is 0.234 e. The van der Waals surface area contributed by atoms with Gasteiger partial charge in [-0.3, -0.25) is 4.79 Å². The van der Waals surface area contributed by atoms with Gasteiger partial charge in [0.2, 0.25) is 5.91 Å². The highest BCUT2D eigenvalue weighted by Gasteiger charge is 2.19. The molecule has 2 fully saturated rings. The Balaban J connectivity index is 1.43. The molecule has 0 bridgehead atoms. The number of hydrogen-bond acceptors (Lipinski definition) is 6. The van der Waals surface area contributed by atoms with E-state index in [1.54, 1.807) is 11.8 Å². The standard InChI is InChI=1S/C23H29N3O3S/c27-23(18-30-17-19-4-2-1-3-5-19)24-21-7-6-20(25-8-12-28-13-9-25)16-22(21)26-10-14-29-15-11-26/h1-7,16H,8-15,17-18H2,(H,24,27). The molecule has 6 nitrogen and oxygen atoms in total. The molecule has 1 amide bonds. The number of rotatable bonds is 7. The molecule has 2 saturated heterocycles. The van der Waals surface area contributed by atoms with E-state index in [9.17, 15) is 4.79 Å². The molecule has 1 N–H and O–H groups in total. The van der Waals surface area contributed by atoms with Crippen LogP contribution in [0.5, 0.6) is 0 Å². The number of ether oxygens (including phenoxy) is 2. The number of nitrogens with one attached hydrogen (secondary N) is 1. The first-order valence-corrected chi connectivity index (χ1v) is 11.7. The van der Waals surface area contributed by atoms with E-state index in [0.29, 0.717) is 19.0 Å². The van der Waals surface area contributed by atoms with E-state index in [0.717, 1.165) is 56.5 Å². The number of benzene rings is 2. The summed E-state index contributed by atoms with van der Waals surface area (Å²) in [6, 6.07) is 16.6. The minimum absolute atomic E-state index is 0.0320. The van der Waals surface area contributed by atoms with E-state index < -0.39 is 0 Å². The molecule has 4 rings (SSSR count). The molecule has 2 aromatic rings. The molecular formula is C23H29N3O3S. The van der Waals surface area contributed by atoms with Gasteiger partial charge in [-0.25, -0.2) is 0 Å². The fraction of sp³-hybridized carbons (Fsp3) is 0.435. The first-order valence-electron chi connectivity index (χ1n) is 10.5. The molecule has 0 radical (unpaired) electrons. The Bertz CT molecular complexity index is 822. The molecule has 0 unspecified atom stereocenters. The summed E-state index contributed by atoms with van der Waals surface area (Å²) < 4.78 is 11.0. The molecule has 7 heteroatoms. The van der Waals surface area contributed by atoms with Crippen LogP contribution in [0.4, 0.5) is 17.1 Å². The van der Waals surface area contributed by atoms with Crippen molar-refractivity contribution in [2.45, 2.75) is 5.75 Å². The van der Waals surface area contributed by atoms with Crippen LogP contribution in [0, 0.1) is 0 Å². The molecule has 0 saturated carbocycles. The van der Waals surface area contributed by atoms with Crippen molar-refractivity contribution in [2.24, 2.45) is 0 Å². The summed E-state index contributed by atoms with van der Waals surface area (Å²) in [6.45, 7) is 6.38. The highest BCUT2D eigenvalue weighted by atomic mass is 32.2. The Morgan fingerprint density at radius 2 is 1.57 bits per heavy atom. The van der Waals surface area contributed by atoms with Crippen LogP contribution < -0.4 is 15.1 Å². The summed E-state index contributed by atoms with van der Waals surface area (Å²) in [5.41, 5.74) is 4.36. The van der Waals surface area contributed by atoms with Crippen molar-refractivity contribution in [2.75, 3.05) is 73.5 Å². The van der Waals surface area contributed by atoms with Crippen molar-refractivity contribution in [3.63, 3.8) is 0 Å². The maximum absolute atomic E-state index is 12.6. The zero-order chi connectivity index (χ0) is 20.6. The number of amides is 1. The van der Waals surface area contributed by atoms with Crippen LogP contribution in [-0.2, 0) is 20.0 Å². The molecule has 160 valence electrons. The monoisotopic (exact) mass is 427 g/mol. The lowest BCUT2D eigenvalue weighted by atomic mass is 10.1. The maximum atomic E-state index is 12.6. The summed E-state index contributed by atoms with van der Waals surface area (Å²) in [7, 11) is 0. The topological polar surface area (TPSA) is 54.0 Å². The molecule has 2 aliphatic rings. The van der Waals surface area contributed by atoms with Gasteiger partial charge in [0.25, 0.3) is 0 Å². The Labute approximate surface area is 182 Å². The highest BCUT2D eigenvalue weighted by Crippen LogP contribution is 2.32. The zero-order valence-electron chi connectivity index (χ0n) is 17.2. The van der Waals surface area contributed by atoms with E-state index in [4.69, 9.17) is 9.47 Å². The van der Waals surface area contributed by atoms with E-state index in [1.807, 2.05) is 24.3 Å². The second-order valence-electron chi connectivity index (χ2n) is 7.43. The van der Waals surface area contributed by atoms with Gasteiger partial charge in [-0.2, -0.15) is 0 Å². The quantitative estimate of drug-likeness (QED) is 0.732. The fourth-order valence-electron chi connectivity index (χ4n) is 3.73. The molecule has 0 aromatic heterocycles. The summed E-state index contributed by atoms with van der Waals surface area (Å²) in [4.78, 5) is 17.3. The number of thioether (sulfide) groups is 1. The Morgan fingerprint density at radius 3 is 2.27 bits per heavy atom. The predicted octanol–water partition coefficient (Wildman–Crippen LogP) is 3.23. The number of hydrogen-bond donors (Lipinski definition) is 1.